The Morgan fingerprint density at radius 3 is 2.74 bits per heavy atom. The van der Waals surface area contributed by atoms with E-state index < -0.39 is 0 Å². The smallest absolute Gasteiger partial charge is 0.269 e. The molecule has 5 aromatic rings. The zero-order chi connectivity index (χ0) is 23.5. The van der Waals surface area contributed by atoms with Crippen molar-refractivity contribution in [3.05, 3.63) is 87.8 Å². The van der Waals surface area contributed by atoms with Crippen LogP contribution in [0.4, 0.5) is 0 Å². The summed E-state index contributed by atoms with van der Waals surface area (Å²) in [6.45, 7) is 2.43. The third-order valence-corrected chi connectivity index (χ3v) is 7.35. The van der Waals surface area contributed by atoms with E-state index in [1.807, 2.05) is 54.8 Å². The molecule has 0 fully saturated rings. The summed E-state index contributed by atoms with van der Waals surface area (Å²) in [4.78, 5) is 31.5. The molecule has 0 spiro atoms. The second kappa shape index (κ2) is 9.54. The van der Waals surface area contributed by atoms with Gasteiger partial charge in [-0.15, -0.1) is 22.7 Å². The molecule has 2 N–H and O–H groups in total. The van der Waals surface area contributed by atoms with Crippen molar-refractivity contribution < 1.29 is 4.79 Å². The van der Waals surface area contributed by atoms with Crippen molar-refractivity contribution >= 4 is 28.6 Å². The van der Waals surface area contributed by atoms with Gasteiger partial charge in [-0.1, -0.05) is 36.4 Å². The predicted octanol–water partition coefficient (Wildman–Crippen LogP) is 4.22. The van der Waals surface area contributed by atoms with Gasteiger partial charge in [-0.25, -0.2) is 9.67 Å². The molecule has 0 unspecified atom stereocenters. The third-order valence-electron chi connectivity index (χ3n) is 5.13. The Labute approximate surface area is 203 Å². The van der Waals surface area contributed by atoms with Gasteiger partial charge in [0.2, 0.25) is 0 Å². The first-order valence-electron chi connectivity index (χ1n) is 10.6. The predicted molar refractivity (Wildman–Crippen MR) is 134 cm³/mol. The summed E-state index contributed by atoms with van der Waals surface area (Å²) >= 11 is 3.19. The van der Waals surface area contributed by atoms with Crippen LogP contribution in [0, 0.1) is 6.92 Å². The fraction of sp³-hybridized carbons (Fsp3) is 0.125. The van der Waals surface area contributed by atoms with Gasteiger partial charge in [0, 0.05) is 18.2 Å². The van der Waals surface area contributed by atoms with Crippen molar-refractivity contribution in [2.24, 2.45) is 0 Å². The van der Waals surface area contributed by atoms with Crippen molar-refractivity contribution in [3.63, 3.8) is 0 Å². The van der Waals surface area contributed by atoms with Crippen LogP contribution in [0.1, 0.15) is 16.2 Å². The monoisotopic (exact) mass is 488 g/mol. The van der Waals surface area contributed by atoms with Gasteiger partial charge < -0.3 is 5.32 Å². The number of H-pyrrole nitrogens is 1. The van der Waals surface area contributed by atoms with Crippen molar-refractivity contribution in [2.45, 2.75) is 13.5 Å². The zero-order valence-electron chi connectivity index (χ0n) is 18.2. The summed E-state index contributed by atoms with van der Waals surface area (Å²) < 4.78 is 1.36. The van der Waals surface area contributed by atoms with Crippen molar-refractivity contribution in [1.29, 1.82) is 0 Å². The van der Waals surface area contributed by atoms with Gasteiger partial charge in [0.05, 0.1) is 27.7 Å². The number of nitrogens with zero attached hydrogens (tertiary/aromatic N) is 4. The molecule has 8 nitrogen and oxygen atoms in total. The Balaban J connectivity index is 1.26. The highest BCUT2D eigenvalue weighted by Gasteiger charge is 2.15. The Morgan fingerprint density at radius 1 is 1.09 bits per heavy atom. The van der Waals surface area contributed by atoms with E-state index in [0.717, 1.165) is 26.0 Å². The third kappa shape index (κ3) is 4.59. The first-order valence-corrected chi connectivity index (χ1v) is 12.3. The van der Waals surface area contributed by atoms with Crippen LogP contribution in [0.3, 0.4) is 0 Å². The molecule has 0 aliphatic rings. The van der Waals surface area contributed by atoms with E-state index in [9.17, 15) is 9.59 Å². The number of carbonyl (C=O) groups is 1. The molecule has 0 radical (unpaired) electrons. The molecule has 0 saturated carbocycles. The molecule has 4 heterocycles. The van der Waals surface area contributed by atoms with E-state index in [-0.39, 0.29) is 24.6 Å². The molecule has 170 valence electrons. The topological polar surface area (TPSA) is 106 Å². The largest absolute Gasteiger partial charge is 0.349 e. The number of aryl methyl sites for hydroxylation is 1. The molecule has 4 aromatic heterocycles. The van der Waals surface area contributed by atoms with E-state index in [0.29, 0.717) is 17.1 Å². The number of thiazole rings is 1. The summed E-state index contributed by atoms with van der Waals surface area (Å²) in [5.74, 6) is -0.294. The first-order chi connectivity index (χ1) is 16.6. The maximum atomic E-state index is 12.5. The highest BCUT2D eigenvalue weighted by molar-refractivity contribution is 7.23. The molecular weight excluding hydrogens is 468 g/mol. The lowest BCUT2D eigenvalue weighted by Gasteiger charge is -2.07. The Bertz CT molecular complexity index is 1490. The van der Waals surface area contributed by atoms with Gasteiger partial charge in [0.25, 0.3) is 11.5 Å². The van der Waals surface area contributed by atoms with Crippen LogP contribution >= 0.6 is 22.7 Å². The molecule has 34 heavy (non-hydrogen) atoms. The molecule has 1 amide bonds. The highest BCUT2D eigenvalue weighted by Crippen LogP contribution is 2.35. The number of benzene rings is 1. The molecule has 0 saturated heterocycles. The van der Waals surface area contributed by atoms with Gasteiger partial charge in [0.15, 0.2) is 0 Å². The van der Waals surface area contributed by atoms with Gasteiger partial charge in [-0.3, -0.25) is 14.7 Å². The molecule has 10 heteroatoms. The molecule has 0 atom stereocenters. The van der Waals surface area contributed by atoms with Crippen LogP contribution in [-0.4, -0.2) is 37.4 Å². The Morgan fingerprint density at radius 2 is 1.94 bits per heavy atom. The second-order valence-electron chi connectivity index (χ2n) is 7.48. The van der Waals surface area contributed by atoms with Crippen LogP contribution in [0.5, 0.6) is 0 Å². The number of thiophene rings is 1. The Kier molecular flexibility index (Phi) is 6.15. The van der Waals surface area contributed by atoms with Crippen LogP contribution in [0.2, 0.25) is 0 Å². The van der Waals surface area contributed by atoms with Gasteiger partial charge in [-0.2, -0.15) is 10.2 Å². The number of aromatic nitrogens is 5. The summed E-state index contributed by atoms with van der Waals surface area (Å²) in [5, 5.41) is 17.3. The average molecular weight is 489 g/mol. The minimum Gasteiger partial charge on any atom is -0.349 e. The maximum Gasteiger partial charge on any atom is 0.269 e. The van der Waals surface area contributed by atoms with E-state index in [1.165, 1.54) is 10.7 Å². The van der Waals surface area contributed by atoms with Crippen LogP contribution < -0.4 is 10.9 Å². The minimum atomic E-state index is -0.294. The summed E-state index contributed by atoms with van der Waals surface area (Å²) in [6, 6.07) is 18.6. The standard InChI is InChI=1S/C24H20N6O2S2/c1-15-22(34-24(26-15)20-8-5-13-33-20)17-9-10-21(31)30(29-17)12-11-25-23(32)19-14-18(27-28-19)16-6-3-2-4-7-16/h2-10,13-14H,11-12H2,1H3,(H,25,32)(H,27,28). The molecule has 1 aromatic carbocycles. The van der Waals surface area contributed by atoms with Crippen LogP contribution in [0.15, 0.2) is 70.8 Å². The van der Waals surface area contributed by atoms with E-state index in [2.05, 4.69) is 25.6 Å². The highest BCUT2D eigenvalue weighted by atomic mass is 32.1. The number of hydrogen-bond acceptors (Lipinski definition) is 7. The van der Waals surface area contributed by atoms with Gasteiger partial charge >= 0.3 is 0 Å². The molecule has 0 aliphatic carbocycles. The minimum absolute atomic E-state index is 0.230. The average Bonchev–Trinajstić information content (AvgIpc) is 3.62. The quantitative estimate of drug-likeness (QED) is 0.357. The number of aromatic amines is 1. The molecule has 5 rings (SSSR count). The van der Waals surface area contributed by atoms with E-state index in [1.54, 1.807) is 34.8 Å². The van der Waals surface area contributed by atoms with E-state index >= 15 is 0 Å². The first kappa shape index (κ1) is 21.9. The second-order valence-corrected chi connectivity index (χ2v) is 9.43. The number of carbonyl (C=O) groups excluding carboxylic acids is 1. The van der Waals surface area contributed by atoms with Crippen LogP contribution in [0.25, 0.3) is 31.7 Å². The van der Waals surface area contributed by atoms with E-state index in [4.69, 9.17) is 0 Å². The van der Waals surface area contributed by atoms with Crippen LogP contribution in [-0.2, 0) is 6.54 Å². The zero-order valence-corrected chi connectivity index (χ0v) is 19.8. The Hall–Kier alpha value is -3.89. The van der Waals surface area contributed by atoms with Gasteiger partial charge in [-0.05, 0) is 30.5 Å². The number of rotatable bonds is 7. The van der Waals surface area contributed by atoms with Crippen molar-refractivity contribution in [1.82, 2.24) is 30.3 Å². The number of nitrogens with one attached hydrogen (secondary N) is 2. The number of amides is 1. The fourth-order valence-corrected chi connectivity index (χ4v) is 5.26. The lowest BCUT2D eigenvalue weighted by Crippen LogP contribution is -2.32. The molecule has 0 bridgehead atoms. The maximum absolute atomic E-state index is 12.5. The molecule has 0 aliphatic heterocycles. The SMILES string of the molecule is Cc1nc(-c2cccs2)sc1-c1ccc(=O)n(CCNC(=O)c2cc(-c3ccccc3)n[nH]2)n1. The lowest BCUT2D eigenvalue weighted by atomic mass is 10.1. The lowest BCUT2D eigenvalue weighted by molar-refractivity contribution is 0.0946. The van der Waals surface area contributed by atoms with Crippen molar-refractivity contribution in [3.8, 4) is 31.7 Å². The number of hydrogen-bond donors (Lipinski definition) is 2. The fourth-order valence-electron chi connectivity index (χ4n) is 3.44. The normalized spacial score (nSPS) is 11.0. The summed E-state index contributed by atoms with van der Waals surface area (Å²) in [5.41, 5.74) is 3.29. The summed E-state index contributed by atoms with van der Waals surface area (Å²) in [7, 11) is 0. The summed E-state index contributed by atoms with van der Waals surface area (Å²) in [6.07, 6.45) is 0. The molecular formula is C24H20N6O2S2. The van der Waals surface area contributed by atoms with Crippen molar-refractivity contribution in [2.75, 3.05) is 6.54 Å². The van der Waals surface area contributed by atoms with Gasteiger partial charge in [0.1, 0.15) is 16.4 Å².